The van der Waals surface area contributed by atoms with Crippen molar-refractivity contribution in [3.63, 3.8) is 0 Å². The number of carbonyl (C=O) groups is 4. The molecular formula is C82H160O17P2. The minimum atomic E-state index is -4.96. The Morgan fingerprint density at radius 2 is 0.455 bits per heavy atom. The number of aliphatic hydroxyl groups is 1. The fraction of sp³-hybridized carbons (Fsp3) is 0.951. The molecule has 0 fully saturated rings. The highest BCUT2D eigenvalue weighted by Gasteiger charge is 2.30. The number of phosphoric acid groups is 2. The van der Waals surface area contributed by atoms with Crippen molar-refractivity contribution in [2.24, 2.45) is 5.92 Å². The zero-order valence-electron chi connectivity index (χ0n) is 66.1. The average Bonchev–Trinajstić information content (AvgIpc) is 0.972. The number of aliphatic hydroxyl groups excluding tert-OH is 1. The van der Waals surface area contributed by atoms with Crippen LogP contribution in [0.2, 0.25) is 0 Å². The molecule has 0 radical (unpaired) electrons. The van der Waals surface area contributed by atoms with Crippen molar-refractivity contribution < 1.29 is 80.2 Å². The summed E-state index contributed by atoms with van der Waals surface area (Å²) in [6.07, 6.45) is 66.6. The van der Waals surface area contributed by atoms with Crippen molar-refractivity contribution in [2.45, 2.75) is 457 Å². The maximum atomic E-state index is 13.1. The van der Waals surface area contributed by atoms with Crippen LogP contribution in [0.1, 0.15) is 439 Å². The smallest absolute Gasteiger partial charge is 0.462 e. The van der Waals surface area contributed by atoms with Crippen molar-refractivity contribution in [1.29, 1.82) is 0 Å². The van der Waals surface area contributed by atoms with Gasteiger partial charge in [-0.2, -0.15) is 0 Å². The molecule has 0 saturated heterocycles. The number of hydrogen-bond acceptors (Lipinski definition) is 15. The molecule has 101 heavy (non-hydrogen) atoms. The maximum absolute atomic E-state index is 13.1. The third-order valence-electron chi connectivity index (χ3n) is 19.3. The van der Waals surface area contributed by atoms with Crippen molar-refractivity contribution in [1.82, 2.24) is 0 Å². The number of ether oxygens (including phenoxy) is 4. The zero-order chi connectivity index (χ0) is 74.1. The summed E-state index contributed by atoms with van der Waals surface area (Å²) in [7, 11) is -9.92. The Hall–Kier alpha value is -1.94. The van der Waals surface area contributed by atoms with E-state index in [4.69, 9.17) is 37.0 Å². The number of hydrogen-bond donors (Lipinski definition) is 3. The molecule has 0 aliphatic heterocycles. The number of rotatable bonds is 82. The molecule has 0 aliphatic carbocycles. The van der Waals surface area contributed by atoms with E-state index in [9.17, 15) is 43.2 Å². The van der Waals surface area contributed by atoms with E-state index in [2.05, 4.69) is 34.6 Å². The number of unbranched alkanes of at least 4 members (excludes halogenated alkanes) is 54. The normalized spacial score (nSPS) is 13.8. The van der Waals surface area contributed by atoms with Crippen LogP contribution < -0.4 is 0 Å². The van der Waals surface area contributed by atoms with E-state index in [1.54, 1.807) is 0 Å². The second-order valence-corrected chi connectivity index (χ2v) is 32.9. The van der Waals surface area contributed by atoms with Gasteiger partial charge in [-0.05, 0) is 31.6 Å². The lowest BCUT2D eigenvalue weighted by atomic mass is 10.0. The Balaban J connectivity index is 5.20. The Bertz CT molecular complexity index is 1930. The molecule has 600 valence electrons. The highest BCUT2D eigenvalue weighted by Crippen LogP contribution is 2.45. The van der Waals surface area contributed by atoms with E-state index >= 15 is 0 Å². The van der Waals surface area contributed by atoms with Crippen LogP contribution in [0.15, 0.2) is 0 Å². The lowest BCUT2D eigenvalue weighted by Crippen LogP contribution is -2.30. The van der Waals surface area contributed by atoms with Crippen molar-refractivity contribution in [3.05, 3.63) is 0 Å². The van der Waals surface area contributed by atoms with Gasteiger partial charge in [-0.1, -0.05) is 388 Å². The zero-order valence-corrected chi connectivity index (χ0v) is 67.8. The summed E-state index contributed by atoms with van der Waals surface area (Å²) in [5.74, 6) is -1.28. The predicted octanol–water partition coefficient (Wildman–Crippen LogP) is 24.8. The van der Waals surface area contributed by atoms with Crippen LogP contribution >= 0.6 is 15.6 Å². The first-order chi connectivity index (χ1) is 49.0. The largest absolute Gasteiger partial charge is 0.472 e. The topological polar surface area (TPSA) is 237 Å². The Labute approximate surface area is 619 Å². The minimum Gasteiger partial charge on any atom is -0.462 e. The van der Waals surface area contributed by atoms with E-state index in [1.165, 1.54) is 263 Å². The summed E-state index contributed by atoms with van der Waals surface area (Å²) < 4.78 is 68.7. The van der Waals surface area contributed by atoms with E-state index in [-0.39, 0.29) is 25.7 Å². The van der Waals surface area contributed by atoms with Crippen LogP contribution in [0.5, 0.6) is 0 Å². The van der Waals surface area contributed by atoms with Crippen LogP contribution in [0.25, 0.3) is 0 Å². The molecule has 0 rings (SSSR count). The Morgan fingerprint density at radius 1 is 0.267 bits per heavy atom. The first kappa shape index (κ1) is 99.1. The summed E-state index contributed by atoms with van der Waals surface area (Å²) in [5, 5.41) is 10.6. The summed E-state index contributed by atoms with van der Waals surface area (Å²) in [4.78, 5) is 73.0. The number of esters is 4. The van der Waals surface area contributed by atoms with E-state index in [1.807, 2.05) is 0 Å². The molecule has 0 saturated carbocycles. The standard InChI is InChI=1S/C82H160O17P2/c1-6-9-12-15-18-21-23-25-26-27-31-34-38-41-46-51-56-61-66-80(85)93-72-78(99-82(87)68-63-58-53-48-43-39-35-32-29-28-30-33-37-40-45-49-54-59-64-75(4)5)74-97-101(90,91)95-70-76(83)69-94-100(88,89)96-73-77(71-92-79(84)65-60-55-50-44-20-17-14-11-8-3)98-81(86)67-62-57-52-47-42-36-24-22-19-16-13-10-7-2/h75-78,83H,6-74H2,1-5H3,(H,88,89)(H,90,91)/t76-,77+,78+/m0/s1. The molecule has 19 heteroatoms. The average molecular weight is 1480 g/mol. The van der Waals surface area contributed by atoms with Gasteiger partial charge in [0.2, 0.25) is 0 Å². The van der Waals surface area contributed by atoms with Crippen LogP contribution in [0, 0.1) is 5.92 Å². The van der Waals surface area contributed by atoms with Gasteiger partial charge in [-0.15, -0.1) is 0 Å². The molecule has 3 N–H and O–H groups in total. The van der Waals surface area contributed by atoms with Gasteiger partial charge in [0.15, 0.2) is 12.2 Å². The molecule has 0 amide bonds. The van der Waals surface area contributed by atoms with Gasteiger partial charge in [0.25, 0.3) is 0 Å². The highest BCUT2D eigenvalue weighted by molar-refractivity contribution is 7.47. The molecule has 0 aliphatic rings. The van der Waals surface area contributed by atoms with Crippen LogP contribution in [0.4, 0.5) is 0 Å². The van der Waals surface area contributed by atoms with Gasteiger partial charge in [-0.3, -0.25) is 37.3 Å². The van der Waals surface area contributed by atoms with Gasteiger partial charge in [0.05, 0.1) is 26.4 Å². The first-order valence-corrected chi connectivity index (χ1v) is 45.6. The molecule has 0 bridgehead atoms. The van der Waals surface area contributed by atoms with Gasteiger partial charge in [-0.25, -0.2) is 9.13 Å². The first-order valence-electron chi connectivity index (χ1n) is 42.6. The summed E-state index contributed by atoms with van der Waals surface area (Å²) >= 11 is 0. The van der Waals surface area contributed by atoms with E-state index in [0.29, 0.717) is 25.7 Å². The maximum Gasteiger partial charge on any atom is 0.472 e. The Morgan fingerprint density at radius 3 is 0.673 bits per heavy atom. The highest BCUT2D eigenvalue weighted by atomic mass is 31.2. The molecule has 0 aromatic heterocycles. The number of carbonyl (C=O) groups excluding carboxylic acids is 4. The summed E-state index contributed by atoms with van der Waals surface area (Å²) in [5.41, 5.74) is 0. The van der Waals surface area contributed by atoms with E-state index < -0.39 is 97.5 Å². The van der Waals surface area contributed by atoms with Crippen LogP contribution in [-0.4, -0.2) is 96.7 Å². The lowest BCUT2D eigenvalue weighted by molar-refractivity contribution is -0.161. The van der Waals surface area contributed by atoms with E-state index in [0.717, 1.165) is 95.8 Å². The lowest BCUT2D eigenvalue weighted by Gasteiger charge is -2.21. The fourth-order valence-corrected chi connectivity index (χ4v) is 14.3. The predicted molar refractivity (Wildman–Crippen MR) is 414 cm³/mol. The quantitative estimate of drug-likeness (QED) is 0.0222. The van der Waals surface area contributed by atoms with Crippen molar-refractivity contribution >= 4 is 39.5 Å². The summed E-state index contributed by atoms with van der Waals surface area (Å²) in [6, 6.07) is 0. The molecule has 0 spiro atoms. The van der Waals surface area contributed by atoms with Gasteiger partial charge < -0.3 is 33.8 Å². The molecular weight excluding hydrogens is 1320 g/mol. The Kier molecular flexibility index (Phi) is 73.5. The second-order valence-electron chi connectivity index (χ2n) is 30.0. The van der Waals surface area contributed by atoms with Crippen LogP contribution in [0.3, 0.4) is 0 Å². The SMILES string of the molecule is CCCCCCCCCCCCCCCCCCCCC(=O)OC[C@H](COP(=O)(O)OC[C@@H](O)COP(=O)(O)OC[C@@H](COC(=O)CCCCCCCCCCC)OC(=O)CCCCCCCCCCCCCCC)OC(=O)CCCCCCCCCCCCCCCCCCCCC(C)C. The fourth-order valence-electron chi connectivity index (χ4n) is 12.8. The minimum absolute atomic E-state index is 0.108. The molecule has 0 aromatic carbocycles. The third-order valence-corrected chi connectivity index (χ3v) is 21.2. The van der Waals surface area contributed by atoms with Gasteiger partial charge in [0.1, 0.15) is 19.3 Å². The third kappa shape index (κ3) is 76.1. The second kappa shape index (κ2) is 74.9. The molecule has 5 atom stereocenters. The molecule has 0 heterocycles. The van der Waals surface area contributed by atoms with Gasteiger partial charge in [0, 0.05) is 25.7 Å². The van der Waals surface area contributed by atoms with Crippen LogP contribution in [-0.2, 0) is 65.4 Å². The monoisotopic (exact) mass is 1480 g/mol. The molecule has 0 aromatic rings. The molecule has 17 nitrogen and oxygen atoms in total. The number of phosphoric ester groups is 2. The van der Waals surface area contributed by atoms with Crippen molar-refractivity contribution in [3.8, 4) is 0 Å². The van der Waals surface area contributed by atoms with Gasteiger partial charge >= 0.3 is 39.5 Å². The summed E-state index contributed by atoms with van der Waals surface area (Å²) in [6.45, 7) is 7.36. The van der Waals surface area contributed by atoms with Crippen molar-refractivity contribution in [2.75, 3.05) is 39.6 Å². The molecule has 2 unspecified atom stereocenters.